The number of amides is 2. The van der Waals surface area contributed by atoms with Gasteiger partial charge in [-0.25, -0.2) is 9.82 Å². The summed E-state index contributed by atoms with van der Waals surface area (Å²) in [7, 11) is 0. The molecule has 0 saturated carbocycles. The van der Waals surface area contributed by atoms with E-state index in [0.717, 1.165) is 17.2 Å². The summed E-state index contributed by atoms with van der Waals surface area (Å²) in [6.07, 6.45) is 3.03. The molecule has 3 N–H and O–H groups in total. The molecule has 3 aromatic rings. The van der Waals surface area contributed by atoms with Gasteiger partial charge in [0.05, 0.1) is 6.21 Å². The molecular weight excluding hydrogens is 349 g/mol. The van der Waals surface area contributed by atoms with Crippen molar-refractivity contribution in [2.75, 3.05) is 0 Å². The first kappa shape index (κ1) is 18.0. The topological polar surface area (TPSA) is 102 Å². The number of nitrogens with two attached hydrogens (primary N) is 1. The molecule has 0 spiro atoms. The number of nitrogens with zero attached hydrogens (tertiary/aromatic N) is 3. The summed E-state index contributed by atoms with van der Waals surface area (Å²) in [4.78, 5) is 23.2. The lowest BCUT2D eigenvalue weighted by molar-refractivity contribution is -0.118. The van der Waals surface area contributed by atoms with E-state index in [1.54, 1.807) is 6.20 Å². The Morgan fingerprint density at radius 3 is 2.67 bits per heavy atom. The van der Waals surface area contributed by atoms with Crippen LogP contribution in [-0.2, 0) is 11.3 Å². The fraction of sp³-hybridized carbons (Fsp3) is 0.0526. The van der Waals surface area contributed by atoms with Crippen molar-refractivity contribution < 1.29 is 14.0 Å². The molecule has 8 heteroatoms. The molecule has 0 saturated heterocycles. The minimum absolute atomic E-state index is 0.0800. The average molecular weight is 365 g/mol. The smallest absolute Gasteiger partial charge is 0.271 e. The van der Waals surface area contributed by atoms with Crippen molar-refractivity contribution in [3.8, 4) is 11.1 Å². The Morgan fingerprint density at radius 2 is 1.96 bits per heavy atom. The van der Waals surface area contributed by atoms with Gasteiger partial charge in [0.1, 0.15) is 18.1 Å². The first-order chi connectivity index (χ1) is 13.0. The first-order valence-corrected chi connectivity index (χ1v) is 8.03. The number of halogens is 1. The Hall–Kier alpha value is -3.81. The van der Waals surface area contributed by atoms with Crippen molar-refractivity contribution in [1.82, 2.24) is 15.2 Å². The number of nitrogens with one attached hydrogen (secondary N) is 1. The number of primary amides is 1. The van der Waals surface area contributed by atoms with E-state index in [-0.39, 0.29) is 12.1 Å². The van der Waals surface area contributed by atoms with Crippen LogP contribution in [0.2, 0.25) is 0 Å². The molecule has 1 heterocycles. The monoisotopic (exact) mass is 365 g/mol. The maximum absolute atomic E-state index is 13.2. The summed E-state index contributed by atoms with van der Waals surface area (Å²) < 4.78 is 14.6. The van der Waals surface area contributed by atoms with Crippen LogP contribution in [-0.4, -0.2) is 27.8 Å². The van der Waals surface area contributed by atoms with Crippen molar-refractivity contribution >= 4 is 18.0 Å². The minimum atomic E-state index is -0.552. The van der Waals surface area contributed by atoms with Gasteiger partial charge in [-0.1, -0.05) is 36.4 Å². The highest BCUT2D eigenvalue weighted by molar-refractivity contribution is 5.95. The quantitative estimate of drug-likeness (QED) is 0.515. The molecule has 136 valence electrons. The lowest BCUT2D eigenvalue weighted by Crippen LogP contribution is -2.19. The fourth-order valence-electron chi connectivity index (χ4n) is 2.46. The summed E-state index contributed by atoms with van der Waals surface area (Å²) in [6, 6.07) is 14.7. The number of carbonyl (C=O) groups excluding carboxylic acids is 2. The number of hydrogen-bond acceptors (Lipinski definition) is 4. The van der Waals surface area contributed by atoms with E-state index >= 15 is 0 Å². The number of benzene rings is 2. The average Bonchev–Trinajstić information content (AvgIpc) is 3.04. The van der Waals surface area contributed by atoms with E-state index < -0.39 is 17.6 Å². The van der Waals surface area contributed by atoms with E-state index in [1.165, 1.54) is 29.1 Å². The van der Waals surface area contributed by atoms with Crippen molar-refractivity contribution in [2.24, 2.45) is 10.8 Å². The molecule has 0 aliphatic rings. The SMILES string of the molecule is NC(=O)Cn1cc(-c2ccccc2)c(/C=N/NC(=O)c2cccc(F)c2)n1. The molecule has 27 heavy (non-hydrogen) atoms. The highest BCUT2D eigenvalue weighted by Gasteiger charge is 2.11. The van der Waals surface area contributed by atoms with E-state index in [9.17, 15) is 14.0 Å². The fourth-order valence-corrected chi connectivity index (χ4v) is 2.46. The molecule has 0 atom stereocenters. The molecule has 0 fully saturated rings. The predicted molar refractivity (Wildman–Crippen MR) is 98.3 cm³/mol. The number of aromatic nitrogens is 2. The highest BCUT2D eigenvalue weighted by atomic mass is 19.1. The molecule has 1 aromatic heterocycles. The standard InChI is InChI=1S/C19H16FN5O2/c20-15-8-4-7-14(9-15)19(27)23-22-10-17-16(13-5-2-1-3-6-13)11-25(24-17)12-18(21)26/h1-11H,12H2,(H2,21,26)(H,23,27)/b22-10+. The van der Waals surface area contributed by atoms with Gasteiger partial charge in [0, 0.05) is 17.3 Å². The Balaban J connectivity index is 1.82. The molecule has 2 aromatic carbocycles. The third kappa shape index (κ3) is 4.63. The van der Waals surface area contributed by atoms with E-state index in [4.69, 9.17) is 5.73 Å². The number of hydrogen-bond donors (Lipinski definition) is 2. The van der Waals surface area contributed by atoms with Crippen LogP contribution >= 0.6 is 0 Å². The van der Waals surface area contributed by atoms with Crippen molar-refractivity contribution in [1.29, 1.82) is 0 Å². The minimum Gasteiger partial charge on any atom is -0.368 e. The normalized spacial score (nSPS) is 10.9. The molecule has 0 radical (unpaired) electrons. The van der Waals surface area contributed by atoms with E-state index in [1.807, 2.05) is 30.3 Å². The predicted octanol–water partition coefficient (Wildman–Crippen LogP) is 1.94. The van der Waals surface area contributed by atoms with Crippen molar-refractivity contribution in [3.05, 3.63) is 77.9 Å². The van der Waals surface area contributed by atoms with Gasteiger partial charge in [-0.05, 0) is 23.8 Å². The summed E-state index contributed by atoms with van der Waals surface area (Å²) in [5.41, 5.74) is 9.73. The second-order valence-corrected chi connectivity index (χ2v) is 5.67. The van der Waals surface area contributed by atoms with Crippen molar-refractivity contribution in [3.63, 3.8) is 0 Å². The summed E-state index contributed by atoms with van der Waals surface area (Å²) in [5.74, 6) is -1.59. The maximum atomic E-state index is 13.2. The zero-order chi connectivity index (χ0) is 19.2. The van der Waals surface area contributed by atoms with E-state index in [2.05, 4.69) is 15.6 Å². The van der Waals surface area contributed by atoms with Gasteiger partial charge in [-0.3, -0.25) is 14.3 Å². The van der Waals surface area contributed by atoms with Gasteiger partial charge in [-0.15, -0.1) is 0 Å². The second kappa shape index (κ2) is 8.05. The van der Waals surface area contributed by atoms with Gasteiger partial charge in [0.15, 0.2) is 0 Å². The van der Waals surface area contributed by atoms with Gasteiger partial charge < -0.3 is 5.73 Å². The highest BCUT2D eigenvalue weighted by Crippen LogP contribution is 2.21. The van der Waals surface area contributed by atoms with Crippen molar-refractivity contribution in [2.45, 2.75) is 6.54 Å². The third-order valence-electron chi connectivity index (χ3n) is 3.63. The summed E-state index contributed by atoms with van der Waals surface area (Å²) in [5, 5.41) is 8.15. The van der Waals surface area contributed by atoms with Crippen LogP contribution in [0.5, 0.6) is 0 Å². The Kier molecular flexibility index (Phi) is 5.36. The Bertz CT molecular complexity index is 998. The molecule has 0 bridgehead atoms. The number of rotatable bonds is 6. The van der Waals surface area contributed by atoms with Crippen LogP contribution in [0, 0.1) is 5.82 Å². The van der Waals surface area contributed by atoms with Crippen LogP contribution in [0.4, 0.5) is 4.39 Å². The molecular formula is C19H16FN5O2. The molecule has 7 nitrogen and oxygen atoms in total. The molecule has 3 rings (SSSR count). The van der Waals surface area contributed by atoms with Gasteiger partial charge in [0.25, 0.3) is 5.91 Å². The maximum Gasteiger partial charge on any atom is 0.271 e. The largest absolute Gasteiger partial charge is 0.368 e. The lowest BCUT2D eigenvalue weighted by Gasteiger charge is -2.00. The third-order valence-corrected chi connectivity index (χ3v) is 3.63. The summed E-state index contributed by atoms with van der Waals surface area (Å²) in [6.45, 7) is -0.0800. The van der Waals surface area contributed by atoms with Crippen LogP contribution in [0.3, 0.4) is 0 Å². The van der Waals surface area contributed by atoms with Crippen LogP contribution in [0.25, 0.3) is 11.1 Å². The Morgan fingerprint density at radius 1 is 1.19 bits per heavy atom. The molecule has 2 amide bonds. The molecule has 0 aliphatic heterocycles. The zero-order valence-corrected chi connectivity index (χ0v) is 14.2. The first-order valence-electron chi connectivity index (χ1n) is 8.03. The van der Waals surface area contributed by atoms with Gasteiger partial charge in [0.2, 0.25) is 5.91 Å². The molecule has 0 aliphatic carbocycles. The van der Waals surface area contributed by atoms with Crippen LogP contribution in [0.15, 0.2) is 65.9 Å². The van der Waals surface area contributed by atoms with Crippen LogP contribution < -0.4 is 11.2 Å². The Labute approximate surface area is 154 Å². The molecule has 0 unspecified atom stereocenters. The number of hydrazone groups is 1. The lowest BCUT2D eigenvalue weighted by atomic mass is 10.1. The van der Waals surface area contributed by atoms with Gasteiger partial charge in [-0.2, -0.15) is 10.2 Å². The van der Waals surface area contributed by atoms with Gasteiger partial charge >= 0.3 is 0 Å². The second-order valence-electron chi connectivity index (χ2n) is 5.67. The number of carbonyl (C=O) groups is 2. The van der Waals surface area contributed by atoms with E-state index in [0.29, 0.717) is 5.69 Å². The van der Waals surface area contributed by atoms with Crippen LogP contribution in [0.1, 0.15) is 16.1 Å². The summed E-state index contributed by atoms with van der Waals surface area (Å²) >= 11 is 0. The zero-order valence-electron chi connectivity index (χ0n) is 14.2.